The molecule has 0 spiro atoms. The van der Waals surface area contributed by atoms with Crippen LogP contribution < -0.4 is 16.0 Å². The molecule has 3 N–H and O–H groups in total. The van der Waals surface area contributed by atoms with E-state index in [0.29, 0.717) is 38.6 Å². The summed E-state index contributed by atoms with van der Waals surface area (Å²) in [5.41, 5.74) is 0.266. The molecule has 1 rings (SSSR count). The van der Waals surface area contributed by atoms with Gasteiger partial charge in [0.1, 0.15) is 11.6 Å². The topological polar surface area (TPSA) is 114 Å². The summed E-state index contributed by atoms with van der Waals surface area (Å²) < 4.78 is 5.42. The lowest BCUT2D eigenvalue weighted by Gasteiger charge is -2.24. The second kappa shape index (κ2) is 15.1. The minimum absolute atomic E-state index is 0.0138. The molecule has 0 aliphatic heterocycles. The van der Waals surface area contributed by atoms with E-state index in [-0.39, 0.29) is 24.1 Å². The van der Waals surface area contributed by atoms with E-state index in [1.807, 2.05) is 37.3 Å². The van der Waals surface area contributed by atoms with Crippen LogP contribution in [-0.2, 0) is 30.3 Å². The van der Waals surface area contributed by atoms with Gasteiger partial charge in [0.15, 0.2) is 0 Å². The zero-order chi connectivity index (χ0) is 25.6. The van der Waals surface area contributed by atoms with Gasteiger partial charge in [-0.1, -0.05) is 43.7 Å². The van der Waals surface area contributed by atoms with Crippen molar-refractivity contribution in [2.45, 2.75) is 84.3 Å². The van der Waals surface area contributed by atoms with Crippen LogP contribution in [0.3, 0.4) is 0 Å². The minimum atomic E-state index is -0.755. The molecule has 3 amide bonds. The Kier molecular flexibility index (Phi) is 12.9. The largest absolute Gasteiger partial charge is 0.460 e. The fourth-order valence-electron chi connectivity index (χ4n) is 3.49. The lowest BCUT2D eigenvalue weighted by Crippen LogP contribution is -2.49. The molecule has 0 bridgehead atoms. The van der Waals surface area contributed by atoms with Crippen LogP contribution in [0.25, 0.3) is 0 Å². The Labute approximate surface area is 203 Å². The van der Waals surface area contributed by atoms with Gasteiger partial charge in [-0.05, 0) is 45.6 Å². The van der Waals surface area contributed by atoms with Gasteiger partial charge in [0.25, 0.3) is 0 Å². The van der Waals surface area contributed by atoms with Crippen molar-refractivity contribution >= 4 is 23.7 Å². The number of likely N-dealkylation sites (N-methyl/N-ethyl adjacent to an activating group) is 1. The standard InChI is InChI=1S/C26H41N3O5/c1-6-12-22(30)28-16-11-10-15-20(18-23(31)34-26(2,3)4)24(32)29-21(25(33)27-5)17-19-13-8-7-9-14-19/h7-9,13-14,20-21H,6,10-12,15-18H2,1-5H3,(H,27,33)(H,28,30)(H,29,32)/t20-,21+/m1/s1. The van der Waals surface area contributed by atoms with Gasteiger partial charge in [-0.15, -0.1) is 0 Å². The maximum absolute atomic E-state index is 13.2. The van der Waals surface area contributed by atoms with Gasteiger partial charge < -0.3 is 20.7 Å². The van der Waals surface area contributed by atoms with Crippen LogP contribution in [0, 0.1) is 5.92 Å². The van der Waals surface area contributed by atoms with Gasteiger partial charge >= 0.3 is 5.97 Å². The summed E-state index contributed by atoms with van der Waals surface area (Å²) in [6.45, 7) is 7.80. The summed E-state index contributed by atoms with van der Waals surface area (Å²) in [7, 11) is 1.53. The van der Waals surface area contributed by atoms with Crippen LogP contribution >= 0.6 is 0 Å². The molecule has 8 heteroatoms. The first-order valence-corrected chi connectivity index (χ1v) is 12.1. The average Bonchev–Trinajstić information content (AvgIpc) is 2.76. The normalized spacial score (nSPS) is 12.9. The van der Waals surface area contributed by atoms with Crippen LogP contribution in [0.1, 0.15) is 71.8 Å². The molecule has 8 nitrogen and oxygen atoms in total. The minimum Gasteiger partial charge on any atom is -0.460 e. The van der Waals surface area contributed by atoms with E-state index in [2.05, 4.69) is 16.0 Å². The van der Waals surface area contributed by atoms with Gasteiger partial charge in [0.05, 0.1) is 6.42 Å². The van der Waals surface area contributed by atoms with E-state index in [1.165, 1.54) is 7.05 Å². The smallest absolute Gasteiger partial charge is 0.307 e. The van der Waals surface area contributed by atoms with Crippen molar-refractivity contribution in [2.75, 3.05) is 13.6 Å². The van der Waals surface area contributed by atoms with Crippen molar-refractivity contribution in [1.29, 1.82) is 0 Å². The summed E-state index contributed by atoms with van der Waals surface area (Å²) >= 11 is 0. The molecule has 1 aromatic rings. The van der Waals surface area contributed by atoms with E-state index in [4.69, 9.17) is 4.74 Å². The highest BCUT2D eigenvalue weighted by molar-refractivity contribution is 5.90. The molecule has 1 aromatic carbocycles. The number of hydrogen-bond acceptors (Lipinski definition) is 5. The van der Waals surface area contributed by atoms with E-state index >= 15 is 0 Å². The van der Waals surface area contributed by atoms with Crippen LogP contribution in [0.5, 0.6) is 0 Å². The van der Waals surface area contributed by atoms with Crippen LogP contribution in [0.4, 0.5) is 0 Å². The number of unbranched alkanes of at least 4 members (excludes halogenated alkanes) is 1. The third kappa shape index (κ3) is 12.4. The summed E-state index contributed by atoms with van der Waals surface area (Å²) in [6, 6.07) is 8.68. The molecular formula is C26H41N3O5. The molecule has 0 saturated heterocycles. The number of carbonyl (C=O) groups is 4. The van der Waals surface area contributed by atoms with Crippen molar-refractivity contribution in [1.82, 2.24) is 16.0 Å². The Hall–Kier alpha value is -2.90. The van der Waals surface area contributed by atoms with Crippen molar-refractivity contribution in [2.24, 2.45) is 5.92 Å². The second-order valence-electron chi connectivity index (χ2n) is 9.45. The van der Waals surface area contributed by atoms with Crippen molar-refractivity contribution in [3.05, 3.63) is 35.9 Å². The third-order valence-corrected chi connectivity index (χ3v) is 5.14. The predicted octanol–water partition coefficient (Wildman–Crippen LogP) is 2.89. The Balaban J connectivity index is 2.81. The van der Waals surface area contributed by atoms with Crippen molar-refractivity contribution in [3.63, 3.8) is 0 Å². The molecule has 0 radical (unpaired) electrons. The number of hydrogen-bond donors (Lipinski definition) is 3. The molecular weight excluding hydrogens is 434 g/mol. The molecule has 190 valence electrons. The van der Waals surface area contributed by atoms with E-state index in [0.717, 1.165) is 12.0 Å². The highest BCUT2D eigenvalue weighted by Crippen LogP contribution is 2.18. The van der Waals surface area contributed by atoms with Crippen LogP contribution in [0.2, 0.25) is 0 Å². The molecule has 0 saturated carbocycles. The number of benzene rings is 1. The Morgan fingerprint density at radius 2 is 1.68 bits per heavy atom. The number of ether oxygens (including phenoxy) is 1. The first-order valence-electron chi connectivity index (χ1n) is 12.1. The summed E-state index contributed by atoms with van der Waals surface area (Å²) in [5, 5.41) is 8.29. The fraction of sp³-hybridized carbons (Fsp3) is 0.615. The van der Waals surface area contributed by atoms with E-state index in [9.17, 15) is 19.2 Å². The number of nitrogens with one attached hydrogen (secondary N) is 3. The van der Waals surface area contributed by atoms with Gasteiger partial charge in [0.2, 0.25) is 17.7 Å². The van der Waals surface area contributed by atoms with Gasteiger partial charge in [-0.2, -0.15) is 0 Å². The summed E-state index contributed by atoms with van der Waals surface area (Å²) in [5.74, 6) is -1.73. The summed E-state index contributed by atoms with van der Waals surface area (Å²) in [4.78, 5) is 49.7. The molecule has 0 aliphatic carbocycles. The Morgan fingerprint density at radius 1 is 1.00 bits per heavy atom. The van der Waals surface area contributed by atoms with Crippen LogP contribution in [0.15, 0.2) is 30.3 Å². The maximum Gasteiger partial charge on any atom is 0.307 e. The fourth-order valence-corrected chi connectivity index (χ4v) is 3.49. The molecule has 0 heterocycles. The second-order valence-corrected chi connectivity index (χ2v) is 9.45. The zero-order valence-electron chi connectivity index (χ0n) is 21.2. The van der Waals surface area contributed by atoms with Crippen molar-refractivity contribution < 1.29 is 23.9 Å². The SMILES string of the molecule is CCCC(=O)NCCCC[C@H](CC(=O)OC(C)(C)C)C(=O)N[C@@H](Cc1ccccc1)C(=O)NC. The third-order valence-electron chi connectivity index (χ3n) is 5.14. The van der Waals surface area contributed by atoms with Crippen molar-refractivity contribution in [3.8, 4) is 0 Å². The highest BCUT2D eigenvalue weighted by Gasteiger charge is 2.28. The molecule has 2 atom stereocenters. The number of esters is 1. The van der Waals surface area contributed by atoms with Gasteiger partial charge in [0, 0.05) is 32.4 Å². The predicted molar refractivity (Wildman–Crippen MR) is 132 cm³/mol. The first-order chi connectivity index (χ1) is 16.1. The van der Waals surface area contributed by atoms with E-state index < -0.39 is 23.5 Å². The first kappa shape index (κ1) is 29.1. The molecule has 0 unspecified atom stereocenters. The zero-order valence-corrected chi connectivity index (χ0v) is 21.2. The number of carbonyl (C=O) groups excluding carboxylic acids is 4. The van der Waals surface area contributed by atoms with Gasteiger partial charge in [-0.3, -0.25) is 19.2 Å². The Bertz CT molecular complexity index is 789. The number of amides is 3. The molecule has 0 fully saturated rings. The molecule has 0 aliphatic rings. The monoisotopic (exact) mass is 475 g/mol. The molecule has 0 aromatic heterocycles. The average molecular weight is 476 g/mol. The maximum atomic E-state index is 13.2. The quantitative estimate of drug-likeness (QED) is 0.283. The number of rotatable bonds is 14. The lowest BCUT2D eigenvalue weighted by atomic mass is 9.96. The van der Waals surface area contributed by atoms with E-state index in [1.54, 1.807) is 20.8 Å². The molecule has 34 heavy (non-hydrogen) atoms. The highest BCUT2D eigenvalue weighted by atomic mass is 16.6. The Morgan fingerprint density at radius 3 is 2.26 bits per heavy atom. The lowest BCUT2D eigenvalue weighted by molar-refractivity contribution is -0.157. The van der Waals surface area contributed by atoms with Gasteiger partial charge in [-0.25, -0.2) is 0 Å². The summed E-state index contributed by atoms with van der Waals surface area (Å²) in [6.07, 6.45) is 3.34. The van der Waals surface area contributed by atoms with Crippen LogP contribution in [-0.4, -0.2) is 48.9 Å².